The number of rotatable bonds is 1. The van der Waals surface area contributed by atoms with Crippen LogP contribution in [0, 0.1) is 5.41 Å². The van der Waals surface area contributed by atoms with E-state index in [-0.39, 0.29) is 0 Å². The molecule has 3 heterocycles. The molecule has 1 aromatic rings. The molecule has 0 aromatic carbocycles. The van der Waals surface area contributed by atoms with Crippen molar-refractivity contribution in [1.82, 2.24) is 4.98 Å². The Bertz CT molecular complexity index is 415. The number of nitrogens with zero attached hydrogens (tertiary/aromatic N) is 3. The molecule has 1 spiro atoms. The molecule has 2 aliphatic rings. The number of piperidine rings is 1. The monoisotopic (exact) mass is 246 g/mol. The lowest BCUT2D eigenvalue weighted by molar-refractivity contribution is -0.902. The minimum Gasteiger partial charge on any atom is -0.371 e. The third kappa shape index (κ3) is 2.24. The number of quaternary nitrogens is 1. The van der Waals surface area contributed by atoms with Crippen LogP contribution in [0.25, 0.3) is 0 Å². The number of hydrogen-bond donors (Lipinski definition) is 0. The van der Waals surface area contributed by atoms with Crippen LogP contribution in [0.5, 0.6) is 0 Å². The summed E-state index contributed by atoms with van der Waals surface area (Å²) in [6.07, 6.45) is 7.97. The average Bonchev–Trinajstić information content (AvgIpc) is 2.72. The van der Waals surface area contributed by atoms with Crippen molar-refractivity contribution in [2.75, 3.05) is 45.2 Å². The molecule has 18 heavy (non-hydrogen) atoms. The molecule has 1 atom stereocenters. The van der Waals surface area contributed by atoms with Crippen LogP contribution in [0.2, 0.25) is 0 Å². The fraction of sp³-hybridized carbons (Fsp3) is 0.667. The second-order valence-electron chi connectivity index (χ2n) is 6.80. The van der Waals surface area contributed by atoms with Crippen LogP contribution in [-0.4, -0.2) is 49.7 Å². The number of anilines is 1. The van der Waals surface area contributed by atoms with E-state index in [2.05, 4.69) is 36.1 Å². The third-order valence-corrected chi connectivity index (χ3v) is 4.70. The first kappa shape index (κ1) is 12.0. The second kappa shape index (κ2) is 4.23. The van der Waals surface area contributed by atoms with Crippen LogP contribution >= 0.6 is 0 Å². The molecule has 98 valence electrons. The van der Waals surface area contributed by atoms with E-state index in [0.29, 0.717) is 5.41 Å². The summed E-state index contributed by atoms with van der Waals surface area (Å²) in [6.45, 7) is 5.13. The van der Waals surface area contributed by atoms with E-state index in [1.165, 1.54) is 55.6 Å². The Hall–Kier alpha value is -1.09. The Balaban J connectivity index is 1.75. The van der Waals surface area contributed by atoms with Gasteiger partial charge in [-0.05, 0) is 31.4 Å². The van der Waals surface area contributed by atoms with Crippen molar-refractivity contribution in [2.24, 2.45) is 5.41 Å². The summed E-state index contributed by atoms with van der Waals surface area (Å²) in [6, 6.07) is 4.28. The molecule has 0 radical (unpaired) electrons. The lowest BCUT2D eigenvalue weighted by Gasteiger charge is -2.44. The van der Waals surface area contributed by atoms with E-state index in [0.717, 1.165) is 0 Å². The van der Waals surface area contributed by atoms with Crippen LogP contribution in [0.3, 0.4) is 0 Å². The Morgan fingerprint density at radius 2 is 2.00 bits per heavy atom. The van der Waals surface area contributed by atoms with Crippen molar-refractivity contribution in [1.29, 1.82) is 0 Å². The molecule has 0 amide bonds. The Labute approximate surface area is 110 Å². The van der Waals surface area contributed by atoms with E-state index in [1.807, 2.05) is 12.4 Å². The van der Waals surface area contributed by atoms with Gasteiger partial charge in [-0.3, -0.25) is 4.98 Å². The van der Waals surface area contributed by atoms with Gasteiger partial charge < -0.3 is 9.38 Å². The van der Waals surface area contributed by atoms with Crippen molar-refractivity contribution in [3.8, 4) is 0 Å². The second-order valence-corrected chi connectivity index (χ2v) is 6.80. The van der Waals surface area contributed by atoms with Gasteiger partial charge in [-0.25, -0.2) is 0 Å². The Morgan fingerprint density at radius 1 is 1.22 bits per heavy atom. The Morgan fingerprint density at radius 3 is 2.72 bits per heavy atom. The zero-order valence-electron chi connectivity index (χ0n) is 11.6. The number of likely N-dealkylation sites (tertiary alicyclic amines) is 1. The van der Waals surface area contributed by atoms with Gasteiger partial charge in [-0.2, -0.15) is 0 Å². The molecule has 0 saturated carbocycles. The van der Waals surface area contributed by atoms with Gasteiger partial charge in [-0.1, -0.05) is 0 Å². The SMILES string of the molecule is C[N+]1(C)CCCC2(CCN(c3ccncc3)C2)C1. The maximum absolute atomic E-state index is 4.11. The highest BCUT2D eigenvalue weighted by Crippen LogP contribution is 2.41. The summed E-state index contributed by atoms with van der Waals surface area (Å²) < 4.78 is 1.20. The largest absolute Gasteiger partial charge is 0.371 e. The summed E-state index contributed by atoms with van der Waals surface area (Å²) in [5, 5.41) is 0. The topological polar surface area (TPSA) is 16.1 Å². The number of hydrogen-bond acceptors (Lipinski definition) is 2. The molecule has 2 saturated heterocycles. The summed E-state index contributed by atoms with van der Waals surface area (Å²) in [5.74, 6) is 0. The quantitative estimate of drug-likeness (QED) is 0.706. The minimum absolute atomic E-state index is 0.561. The lowest BCUT2D eigenvalue weighted by Crippen LogP contribution is -2.53. The predicted octanol–water partition coefficient (Wildman–Crippen LogP) is 2.15. The zero-order chi connectivity index (χ0) is 12.6. The van der Waals surface area contributed by atoms with Crippen LogP contribution in [-0.2, 0) is 0 Å². The van der Waals surface area contributed by atoms with Gasteiger partial charge >= 0.3 is 0 Å². The van der Waals surface area contributed by atoms with Gasteiger partial charge in [0.1, 0.15) is 0 Å². The summed E-state index contributed by atoms with van der Waals surface area (Å²) in [7, 11) is 4.77. The van der Waals surface area contributed by atoms with E-state index in [1.54, 1.807) is 0 Å². The van der Waals surface area contributed by atoms with Crippen molar-refractivity contribution in [2.45, 2.75) is 19.3 Å². The van der Waals surface area contributed by atoms with Gasteiger partial charge in [0.25, 0.3) is 0 Å². The normalized spacial score (nSPS) is 30.9. The molecule has 3 rings (SSSR count). The molecule has 0 aliphatic carbocycles. The van der Waals surface area contributed by atoms with Gasteiger partial charge in [0.05, 0.1) is 27.2 Å². The zero-order valence-corrected chi connectivity index (χ0v) is 11.6. The van der Waals surface area contributed by atoms with Crippen molar-refractivity contribution in [3.05, 3.63) is 24.5 Å². The summed E-state index contributed by atoms with van der Waals surface area (Å²) in [5.41, 5.74) is 1.91. The molecule has 3 nitrogen and oxygen atoms in total. The first-order valence-electron chi connectivity index (χ1n) is 7.06. The van der Waals surface area contributed by atoms with Crippen LogP contribution in [0.4, 0.5) is 5.69 Å². The third-order valence-electron chi connectivity index (χ3n) is 4.70. The fourth-order valence-corrected chi connectivity index (χ4v) is 3.99. The smallest absolute Gasteiger partial charge is 0.0857 e. The predicted molar refractivity (Wildman–Crippen MR) is 74.6 cm³/mol. The molecule has 0 N–H and O–H groups in total. The minimum atomic E-state index is 0.561. The first-order chi connectivity index (χ1) is 8.59. The van der Waals surface area contributed by atoms with Crippen molar-refractivity contribution < 1.29 is 4.48 Å². The molecular formula is C15H24N3+. The Kier molecular flexibility index (Phi) is 2.81. The lowest BCUT2D eigenvalue weighted by atomic mass is 9.78. The molecule has 2 fully saturated rings. The van der Waals surface area contributed by atoms with Gasteiger partial charge in [0, 0.05) is 36.6 Å². The maximum Gasteiger partial charge on any atom is 0.0857 e. The van der Waals surface area contributed by atoms with Gasteiger partial charge in [-0.15, -0.1) is 0 Å². The van der Waals surface area contributed by atoms with Crippen LogP contribution in [0.15, 0.2) is 24.5 Å². The molecular weight excluding hydrogens is 222 g/mol. The molecule has 3 heteroatoms. The van der Waals surface area contributed by atoms with Crippen LogP contribution < -0.4 is 4.90 Å². The number of aromatic nitrogens is 1. The highest BCUT2D eigenvalue weighted by molar-refractivity contribution is 5.46. The molecule has 1 unspecified atom stereocenters. The maximum atomic E-state index is 4.11. The molecule has 2 aliphatic heterocycles. The number of pyridine rings is 1. The van der Waals surface area contributed by atoms with E-state index < -0.39 is 0 Å². The highest BCUT2D eigenvalue weighted by atomic mass is 15.3. The molecule has 0 bridgehead atoms. The van der Waals surface area contributed by atoms with Crippen molar-refractivity contribution >= 4 is 5.69 Å². The van der Waals surface area contributed by atoms with E-state index in [4.69, 9.17) is 0 Å². The highest BCUT2D eigenvalue weighted by Gasteiger charge is 2.45. The van der Waals surface area contributed by atoms with Crippen LogP contribution in [0.1, 0.15) is 19.3 Å². The van der Waals surface area contributed by atoms with E-state index >= 15 is 0 Å². The fourth-order valence-electron chi connectivity index (χ4n) is 3.99. The van der Waals surface area contributed by atoms with Gasteiger partial charge in [0.2, 0.25) is 0 Å². The van der Waals surface area contributed by atoms with Crippen molar-refractivity contribution in [3.63, 3.8) is 0 Å². The van der Waals surface area contributed by atoms with E-state index in [9.17, 15) is 0 Å². The summed E-state index contributed by atoms with van der Waals surface area (Å²) >= 11 is 0. The standard InChI is InChI=1S/C15H24N3/c1-18(2)11-3-6-15(13-18)7-10-17(12-15)14-4-8-16-9-5-14/h4-5,8-9H,3,6-7,10-13H2,1-2H3/q+1. The van der Waals surface area contributed by atoms with Gasteiger partial charge in [0.15, 0.2) is 0 Å². The summed E-state index contributed by atoms with van der Waals surface area (Å²) in [4.78, 5) is 6.66. The first-order valence-corrected chi connectivity index (χ1v) is 7.06. The average molecular weight is 246 g/mol. The molecule has 1 aromatic heterocycles.